The second-order valence-corrected chi connectivity index (χ2v) is 10.7. The maximum atomic E-state index is 11.6. The molecule has 0 amide bonds. The molecule has 8 nitrogen and oxygen atoms in total. The third kappa shape index (κ3) is 4.26. The van der Waals surface area contributed by atoms with Gasteiger partial charge in [0.25, 0.3) is 0 Å². The smallest absolute Gasteiger partial charge is 0.408 e. The molecule has 3 heterocycles. The average Bonchev–Trinajstić information content (AvgIpc) is 3.24. The molecule has 0 unspecified atom stereocenters. The van der Waals surface area contributed by atoms with Crippen LogP contribution in [0.25, 0.3) is 22.2 Å². The van der Waals surface area contributed by atoms with E-state index in [2.05, 4.69) is 15.9 Å². The third-order valence-electron chi connectivity index (χ3n) is 6.25. The Morgan fingerprint density at radius 3 is 1.74 bits per heavy atom. The quantitative estimate of drug-likeness (QED) is 0.310. The van der Waals surface area contributed by atoms with Crippen molar-refractivity contribution in [3.05, 3.63) is 59.9 Å². The predicted octanol–water partition coefficient (Wildman–Crippen LogP) is 4.63. The van der Waals surface area contributed by atoms with Gasteiger partial charge in [0.05, 0.1) is 27.3 Å². The molecule has 1 fully saturated rings. The topological polar surface area (TPSA) is 88.7 Å². The highest BCUT2D eigenvalue weighted by Gasteiger charge is 2.52. The first kappa shape index (κ1) is 25.1. The molecule has 5 rings (SSSR count). The summed E-state index contributed by atoms with van der Waals surface area (Å²) in [4.78, 5) is 22.7. The van der Waals surface area contributed by atoms with Crippen LogP contribution in [0.3, 0.4) is 0 Å². The number of nitrogens with zero attached hydrogens (tertiary/aromatic N) is 2. The molecule has 0 N–H and O–H groups in total. The van der Waals surface area contributed by atoms with Crippen LogP contribution in [0.4, 0.5) is 0 Å². The molecule has 2 aromatic carbocycles. The van der Waals surface area contributed by atoms with Crippen molar-refractivity contribution in [3.8, 4) is 0 Å². The van der Waals surface area contributed by atoms with E-state index in [1.807, 2.05) is 27.7 Å². The summed E-state index contributed by atoms with van der Waals surface area (Å²) in [7, 11) is 2.72. The van der Waals surface area contributed by atoms with E-state index in [1.54, 1.807) is 38.4 Å². The van der Waals surface area contributed by atoms with Crippen LogP contribution in [-0.4, -0.2) is 27.5 Å². The van der Waals surface area contributed by atoms with Crippen LogP contribution in [0.1, 0.15) is 27.7 Å². The lowest BCUT2D eigenvalue weighted by Crippen LogP contribution is -2.41. The molecule has 12 heteroatoms. The monoisotopic (exact) mass is 570 g/mol. The molecule has 1 saturated heterocycles. The van der Waals surface area contributed by atoms with Crippen molar-refractivity contribution in [1.29, 1.82) is 0 Å². The lowest BCUT2D eigenvalue weighted by molar-refractivity contribution is 0.00578. The highest BCUT2D eigenvalue weighted by atomic mass is 79.9. The van der Waals surface area contributed by atoms with Gasteiger partial charge in [-0.05, 0) is 55.8 Å². The van der Waals surface area contributed by atoms with Gasteiger partial charge in [0.1, 0.15) is 0 Å². The number of halogens is 3. The Morgan fingerprint density at radius 2 is 1.24 bits per heavy atom. The van der Waals surface area contributed by atoms with Gasteiger partial charge in [-0.1, -0.05) is 23.2 Å². The van der Waals surface area contributed by atoms with Crippen LogP contribution in [0.2, 0.25) is 10.0 Å². The number of fused-ring (bicyclic) bond motifs is 2. The van der Waals surface area contributed by atoms with Crippen LogP contribution >= 0.6 is 39.1 Å². The minimum absolute atomic E-state index is 0.385. The second-order valence-electron chi connectivity index (χ2n) is 9.02. The van der Waals surface area contributed by atoms with Crippen LogP contribution in [0.15, 0.2) is 47.2 Å². The van der Waals surface area contributed by atoms with Crippen molar-refractivity contribution < 1.29 is 18.1 Å². The lowest BCUT2D eigenvalue weighted by atomic mass is 9.79. The largest absolute Gasteiger partial charge is 0.496 e. The molecule has 0 bridgehead atoms. The van der Waals surface area contributed by atoms with Gasteiger partial charge < -0.3 is 18.1 Å². The van der Waals surface area contributed by atoms with Gasteiger partial charge in [-0.15, -0.1) is 0 Å². The first-order chi connectivity index (χ1) is 15.7. The molecular weight excluding hydrogens is 550 g/mol. The zero-order valence-corrected chi connectivity index (χ0v) is 22.5. The van der Waals surface area contributed by atoms with Crippen molar-refractivity contribution in [2.45, 2.75) is 38.9 Å². The maximum Gasteiger partial charge on any atom is 0.496 e. The summed E-state index contributed by atoms with van der Waals surface area (Å²) in [6, 6.07) is 6.77. The van der Waals surface area contributed by atoms with E-state index in [-0.39, 0.29) is 5.76 Å². The second kappa shape index (κ2) is 8.60. The van der Waals surface area contributed by atoms with Crippen molar-refractivity contribution in [1.82, 2.24) is 9.13 Å². The van der Waals surface area contributed by atoms with Gasteiger partial charge in [0, 0.05) is 41.2 Å². The molecule has 2 aromatic heterocycles. The predicted molar refractivity (Wildman–Crippen MR) is 136 cm³/mol. The molecule has 0 radical (unpaired) electrons. The highest BCUT2D eigenvalue weighted by Crippen LogP contribution is 2.37. The molecule has 4 aromatic rings. The van der Waals surface area contributed by atoms with Crippen LogP contribution in [-0.2, 0) is 23.4 Å². The first-order valence-corrected chi connectivity index (χ1v) is 11.9. The fourth-order valence-electron chi connectivity index (χ4n) is 3.44. The van der Waals surface area contributed by atoms with Crippen LogP contribution < -0.4 is 17.0 Å². The molecule has 0 saturated carbocycles. The summed E-state index contributed by atoms with van der Waals surface area (Å²) in [6.45, 7) is 7.92. The van der Waals surface area contributed by atoms with Gasteiger partial charge in [-0.2, -0.15) is 0 Å². The molecular formula is C22H22BBrCl2N2O6. The first-order valence-electron chi connectivity index (χ1n) is 10.3. The molecule has 1 aliphatic heterocycles. The molecule has 34 heavy (non-hydrogen) atoms. The molecule has 0 atom stereocenters. The van der Waals surface area contributed by atoms with Crippen LogP contribution in [0, 0.1) is 0 Å². The van der Waals surface area contributed by atoms with Crippen LogP contribution in [0.5, 0.6) is 0 Å². The minimum Gasteiger partial charge on any atom is -0.408 e. The van der Waals surface area contributed by atoms with Crippen molar-refractivity contribution in [3.63, 3.8) is 0 Å². The average molecular weight is 572 g/mol. The number of aryl methyl sites for hydroxylation is 2. The summed E-state index contributed by atoms with van der Waals surface area (Å²) >= 11 is 15.4. The van der Waals surface area contributed by atoms with Crippen molar-refractivity contribution in [2.24, 2.45) is 14.1 Å². The van der Waals surface area contributed by atoms with E-state index < -0.39 is 24.1 Å². The number of oxazole rings is 2. The van der Waals surface area contributed by atoms with E-state index >= 15 is 0 Å². The number of hydrogen-bond donors (Lipinski definition) is 0. The fraction of sp³-hybridized carbons (Fsp3) is 0.364. The number of hydrogen-bond acceptors (Lipinski definition) is 6. The van der Waals surface area contributed by atoms with Gasteiger partial charge in [0.2, 0.25) is 0 Å². The van der Waals surface area contributed by atoms with Gasteiger partial charge >= 0.3 is 18.6 Å². The number of benzene rings is 2. The highest BCUT2D eigenvalue weighted by molar-refractivity contribution is 9.10. The Hall–Kier alpha value is -1.98. The van der Waals surface area contributed by atoms with Crippen molar-refractivity contribution in [2.75, 3.05) is 0 Å². The number of aromatic nitrogens is 2. The summed E-state index contributed by atoms with van der Waals surface area (Å²) < 4.78 is 25.7. The lowest BCUT2D eigenvalue weighted by Gasteiger charge is -2.32. The molecule has 0 aliphatic carbocycles. The van der Waals surface area contributed by atoms with E-state index in [9.17, 15) is 9.59 Å². The molecule has 1 aliphatic rings. The number of rotatable bonds is 1. The van der Waals surface area contributed by atoms with E-state index in [1.165, 1.54) is 9.13 Å². The zero-order valence-electron chi connectivity index (χ0n) is 19.4. The Balaban J connectivity index is 0.000000180. The standard InChI is InChI=1S/C14H17BClNO4.C8H5BrClNO2/c1-13(2)14(3,4)21-15(20-13)8-6-10-11(7-9(8)16)19-12(18)17(10)5;1-11-6-2-4(9)5(10)3-7(6)13-8(11)12/h6-7H,1-5H3;2-3H,1H3. The van der Waals surface area contributed by atoms with E-state index in [0.717, 1.165) is 9.99 Å². The minimum atomic E-state index is -0.572. The third-order valence-corrected chi connectivity index (χ3v) is 7.78. The summed E-state index contributed by atoms with van der Waals surface area (Å²) in [5, 5.41) is 0.984. The Kier molecular flexibility index (Phi) is 6.36. The zero-order chi connectivity index (χ0) is 25.2. The molecule has 0 spiro atoms. The summed E-state index contributed by atoms with van der Waals surface area (Å²) in [5.41, 5.74) is 2.14. The SMILES string of the molecule is Cn1c(=O)oc2cc(Cl)c(B3OC(C)(C)C(C)(C)O3)cc21.Cn1c(=O)oc2cc(Cl)c(Br)cc21. The Bertz CT molecular complexity index is 1520. The maximum absolute atomic E-state index is 11.6. The summed E-state index contributed by atoms with van der Waals surface area (Å²) in [5.74, 6) is -0.809. The summed E-state index contributed by atoms with van der Waals surface area (Å²) in [6.07, 6.45) is 0. The Morgan fingerprint density at radius 1 is 0.794 bits per heavy atom. The van der Waals surface area contributed by atoms with Crippen molar-refractivity contribution >= 4 is 73.9 Å². The van der Waals surface area contributed by atoms with E-state index in [4.69, 9.17) is 41.3 Å². The Labute approximate surface area is 213 Å². The van der Waals surface area contributed by atoms with Gasteiger partial charge in [0.15, 0.2) is 11.2 Å². The normalized spacial score (nSPS) is 16.8. The fourth-order valence-corrected chi connectivity index (χ4v) is 4.17. The van der Waals surface area contributed by atoms with Gasteiger partial charge in [-0.3, -0.25) is 9.13 Å². The van der Waals surface area contributed by atoms with Gasteiger partial charge in [-0.25, -0.2) is 9.59 Å². The van der Waals surface area contributed by atoms with E-state index in [0.29, 0.717) is 32.2 Å². The molecule has 180 valence electrons.